The fourth-order valence-corrected chi connectivity index (χ4v) is 3.66. The van der Waals surface area contributed by atoms with Gasteiger partial charge in [-0.05, 0) is 60.7 Å². The van der Waals surface area contributed by atoms with Crippen molar-refractivity contribution in [1.29, 1.82) is 0 Å². The van der Waals surface area contributed by atoms with Crippen molar-refractivity contribution in [3.8, 4) is 5.75 Å². The minimum Gasteiger partial charge on any atom is -0.508 e. The molecule has 0 radical (unpaired) electrons. The Labute approximate surface area is 164 Å². The third kappa shape index (κ3) is 4.15. The summed E-state index contributed by atoms with van der Waals surface area (Å²) in [6, 6.07) is 11.0. The molecule has 138 valence electrons. The minimum atomic E-state index is -1.21. The smallest absolute Gasteiger partial charge is 0.338 e. The number of thioether (sulfide) groups is 1. The summed E-state index contributed by atoms with van der Waals surface area (Å²) in [5.41, 5.74) is 0.854. The van der Waals surface area contributed by atoms with Crippen molar-refractivity contribution < 1.29 is 19.8 Å². The number of carbonyl (C=O) groups is 2. The highest BCUT2D eigenvalue weighted by Crippen LogP contribution is 2.35. The highest BCUT2D eigenvalue weighted by molar-refractivity contribution is 8.18. The van der Waals surface area contributed by atoms with Gasteiger partial charge in [0.05, 0.1) is 16.2 Å². The van der Waals surface area contributed by atoms with E-state index in [-0.39, 0.29) is 22.9 Å². The maximum Gasteiger partial charge on any atom is 0.338 e. The van der Waals surface area contributed by atoms with Crippen LogP contribution in [0.3, 0.4) is 0 Å². The number of likely N-dealkylation sites (N-methyl/N-ethyl adjacent to an activating group) is 1. The maximum atomic E-state index is 12.7. The van der Waals surface area contributed by atoms with Gasteiger partial charge in [0.25, 0.3) is 5.91 Å². The molecule has 0 spiro atoms. The zero-order chi connectivity index (χ0) is 19.6. The van der Waals surface area contributed by atoms with Gasteiger partial charge in [0.1, 0.15) is 5.75 Å². The van der Waals surface area contributed by atoms with Gasteiger partial charge in [-0.15, -0.1) is 0 Å². The van der Waals surface area contributed by atoms with Crippen LogP contribution in [0.2, 0.25) is 5.02 Å². The number of carbonyl (C=O) groups excluding carboxylic acids is 1. The van der Waals surface area contributed by atoms with Gasteiger partial charge < -0.3 is 10.2 Å². The Balaban J connectivity index is 1.99. The van der Waals surface area contributed by atoms with Crippen LogP contribution in [0.5, 0.6) is 5.75 Å². The molecule has 0 bridgehead atoms. The van der Waals surface area contributed by atoms with Crippen LogP contribution in [-0.2, 0) is 4.79 Å². The Morgan fingerprint density at radius 3 is 2.59 bits per heavy atom. The molecule has 2 aromatic rings. The van der Waals surface area contributed by atoms with E-state index in [1.165, 1.54) is 28.8 Å². The van der Waals surface area contributed by atoms with Crippen molar-refractivity contribution >= 4 is 52.2 Å². The summed E-state index contributed by atoms with van der Waals surface area (Å²) in [6.07, 6.45) is 1.74. The highest BCUT2D eigenvalue weighted by atomic mass is 35.5. The van der Waals surface area contributed by atoms with Gasteiger partial charge in [-0.3, -0.25) is 9.69 Å². The van der Waals surface area contributed by atoms with E-state index in [4.69, 9.17) is 11.6 Å². The molecule has 1 aliphatic rings. The summed E-state index contributed by atoms with van der Waals surface area (Å²) < 4.78 is 0. The largest absolute Gasteiger partial charge is 0.508 e. The Kier molecular flexibility index (Phi) is 5.53. The molecule has 2 N–H and O–H groups in total. The molecule has 0 saturated carbocycles. The molecule has 3 rings (SSSR count). The third-order valence-corrected chi connectivity index (χ3v) is 5.06. The van der Waals surface area contributed by atoms with Crippen molar-refractivity contribution in [2.24, 2.45) is 4.99 Å². The number of halogens is 1. The van der Waals surface area contributed by atoms with E-state index < -0.39 is 5.97 Å². The molecular formula is C19H15ClN2O4S. The first-order valence-corrected chi connectivity index (χ1v) is 9.20. The lowest BCUT2D eigenvalue weighted by atomic mass is 10.2. The fourth-order valence-electron chi connectivity index (χ4n) is 2.48. The van der Waals surface area contributed by atoms with E-state index in [0.717, 1.165) is 11.6 Å². The van der Waals surface area contributed by atoms with Crippen LogP contribution in [0.1, 0.15) is 22.8 Å². The van der Waals surface area contributed by atoms with Gasteiger partial charge in [0, 0.05) is 11.6 Å². The molecule has 8 heteroatoms. The first-order valence-electron chi connectivity index (χ1n) is 8.01. The van der Waals surface area contributed by atoms with Crippen molar-refractivity contribution in [3.05, 3.63) is 63.5 Å². The molecule has 1 amide bonds. The summed E-state index contributed by atoms with van der Waals surface area (Å²) in [5.74, 6) is -1.58. The second kappa shape index (κ2) is 7.85. The van der Waals surface area contributed by atoms with E-state index in [9.17, 15) is 19.8 Å². The Morgan fingerprint density at radius 2 is 1.96 bits per heavy atom. The van der Waals surface area contributed by atoms with Gasteiger partial charge >= 0.3 is 5.97 Å². The number of rotatable bonds is 4. The van der Waals surface area contributed by atoms with Crippen LogP contribution >= 0.6 is 23.4 Å². The van der Waals surface area contributed by atoms with E-state index >= 15 is 0 Å². The quantitative estimate of drug-likeness (QED) is 0.741. The molecule has 2 aromatic carbocycles. The van der Waals surface area contributed by atoms with Gasteiger partial charge in [-0.25, -0.2) is 9.79 Å². The van der Waals surface area contributed by atoms with Gasteiger partial charge in [-0.1, -0.05) is 23.7 Å². The number of phenols is 1. The number of nitrogens with zero attached hydrogens (tertiary/aromatic N) is 2. The van der Waals surface area contributed by atoms with Crippen LogP contribution in [0.4, 0.5) is 5.69 Å². The molecule has 6 nitrogen and oxygen atoms in total. The number of hydrogen-bond acceptors (Lipinski definition) is 5. The number of aromatic carboxylic acids is 1. The number of aliphatic imine (C=N–C) groups is 1. The van der Waals surface area contributed by atoms with Crippen molar-refractivity contribution in [1.82, 2.24) is 4.90 Å². The Hall–Kier alpha value is -2.77. The fraction of sp³-hybridized carbons (Fsp3) is 0.105. The van der Waals surface area contributed by atoms with Gasteiger partial charge in [0.15, 0.2) is 5.17 Å². The van der Waals surface area contributed by atoms with Crippen LogP contribution in [0.15, 0.2) is 52.4 Å². The normalized spacial score (nSPS) is 17.1. The molecule has 27 heavy (non-hydrogen) atoms. The Bertz CT molecular complexity index is 970. The lowest BCUT2D eigenvalue weighted by Gasteiger charge is -2.12. The predicted octanol–water partition coefficient (Wildman–Crippen LogP) is 4.37. The number of benzene rings is 2. The molecule has 0 unspecified atom stereocenters. The van der Waals surface area contributed by atoms with E-state index in [1.807, 2.05) is 6.92 Å². The van der Waals surface area contributed by atoms with Crippen LogP contribution in [0, 0.1) is 0 Å². The molecule has 0 aromatic heterocycles. The molecule has 1 aliphatic heterocycles. The monoisotopic (exact) mass is 402 g/mol. The van der Waals surface area contributed by atoms with Gasteiger partial charge in [0.2, 0.25) is 0 Å². The van der Waals surface area contributed by atoms with Crippen LogP contribution in [0.25, 0.3) is 6.08 Å². The topological polar surface area (TPSA) is 90.2 Å². The zero-order valence-corrected chi connectivity index (χ0v) is 15.8. The number of phenolic OH excluding ortho intramolecular Hbond substituents is 1. The maximum absolute atomic E-state index is 12.7. The Morgan fingerprint density at radius 1 is 1.26 bits per heavy atom. The van der Waals surface area contributed by atoms with Crippen LogP contribution in [-0.4, -0.2) is 38.7 Å². The lowest BCUT2D eigenvalue weighted by molar-refractivity contribution is -0.122. The first kappa shape index (κ1) is 19.0. The van der Waals surface area contributed by atoms with Gasteiger partial charge in [-0.2, -0.15) is 0 Å². The molecule has 1 heterocycles. The number of amidine groups is 1. The van der Waals surface area contributed by atoms with Crippen molar-refractivity contribution in [2.45, 2.75) is 6.92 Å². The third-order valence-electron chi connectivity index (χ3n) is 3.80. The second-order valence-electron chi connectivity index (χ2n) is 5.61. The average Bonchev–Trinajstić information content (AvgIpc) is 2.92. The van der Waals surface area contributed by atoms with E-state index in [2.05, 4.69) is 4.99 Å². The summed E-state index contributed by atoms with van der Waals surface area (Å²) in [5, 5.41) is 19.8. The number of carboxylic acid groups (broad SMARTS) is 1. The molecule has 0 atom stereocenters. The zero-order valence-electron chi connectivity index (χ0n) is 14.2. The number of carboxylic acids is 1. The predicted molar refractivity (Wildman–Crippen MR) is 107 cm³/mol. The molecular weight excluding hydrogens is 388 g/mol. The molecule has 0 aliphatic carbocycles. The second-order valence-corrected chi connectivity index (χ2v) is 7.06. The molecule has 1 fully saturated rings. The summed E-state index contributed by atoms with van der Waals surface area (Å²) >= 11 is 7.05. The average molecular weight is 403 g/mol. The van der Waals surface area contributed by atoms with Crippen LogP contribution < -0.4 is 0 Å². The lowest BCUT2D eigenvalue weighted by Crippen LogP contribution is -2.28. The SMILES string of the molecule is CCN1C(=O)/C(=C/c2ccc(Cl)cc2)SC1=Nc1ccc(O)cc1C(=O)O. The summed E-state index contributed by atoms with van der Waals surface area (Å²) in [4.78, 5) is 30.4. The van der Waals surface area contributed by atoms with E-state index in [0.29, 0.717) is 21.6 Å². The number of hydrogen-bond donors (Lipinski definition) is 2. The van der Waals surface area contributed by atoms with Crippen molar-refractivity contribution in [2.75, 3.05) is 6.54 Å². The highest BCUT2D eigenvalue weighted by Gasteiger charge is 2.32. The number of amides is 1. The number of aromatic hydroxyl groups is 1. The standard InChI is InChI=1S/C19H15ClN2O4S/c1-2-22-17(24)16(9-11-3-5-12(20)6-4-11)27-19(22)21-15-8-7-13(23)10-14(15)18(25)26/h3-10,23H,2H2,1H3,(H,25,26)/b16-9-,21-19?. The van der Waals surface area contributed by atoms with Crippen molar-refractivity contribution in [3.63, 3.8) is 0 Å². The summed E-state index contributed by atoms with van der Waals surface area (Å²) in [7, 11) is 0. The first-order chi connectivity index (χ1) is 12.9. The van der Waals surface area contributed by atoms with E-state index in [1.54, 1.807) is 30.3 Å². The minimum absolute atomic E-state index is 0.137. The summed E-state index contributed by atoms with van der Waals surface area (Å²) in [6.45, 7) is 2.21. The molecule has 1 saturated heterocycles.